The van der Waals surface area contributed by atoms with Crippen LogP contribution in [0.4, 0.5) is 0 Å². The number of hydrazone groups is 1. The third-order valence-corrected chi connectivity index (χ3v) is 6.74. The largest absolute Gasteiger partial charge is 0.493 e. The van der Waals surface area contributed by atoms with Crippen molar-refractivity contribution in [2.24, 2.45) is 5.10 Å². The van der Waals surface area contributed by atoms with E-state index in [1.54, 1.807) is 20.3 Å². The summed E-state index contributed by atoms with van der Waals surface area (Å²) in [5, 5.41) is 13.6. The highest BCUT2D eigenvalue weighted by molar-refractivity contribution is 7.99. The van der Waals surface area contributed by atoms with E-state index in [4.69, 9.17) is 9.47 Å². The first kappa shape index (κ1) is 26.9. The summed E-state index contributed by atoms with van der Waals surface area (Å²) in [5.41, 5.74) is 6.41. The van der Waals surface area contributed by atoms with Crippen LogP contribution in [0.25, 0.3) is 17.1 Å². The number of rotatable bonds is 9. The standard InChI is InChI=1S/C29H31N5O3S/c1-29(2,3)22-16-14-20(15-17-22)27-32-33-28(34(27)23-11-7-6-8-12-23)38-19-25(35)31-30-18-21-10-9-13-24(36-4)26(21)37-5/h6-18H,19H2,1-5H3,(H,31,35)/b30-18+. The molecule has 1 amide bonds. The molecule has 1 aromatic heterocycles. The van der Waals surface area contributed by atoms with Crippen LogP contribution in [0.1, 0.15) is 31.9 Å². The van der Waals surface area contributed by atoms with E-state index >= 15 is 0 Å². The van der Waals surface area contributed by atoms with Crippen LogP contribution in [-0.4, -0.2) is 46.9 Å². The molecule has 4 rings (SSSR count). The Morgan fingerprint density at radius 1 is 0.974 bits per heavy atom. The average molecular weight is 530 g/mol. The smallest absolute Gasteiger partial charge is 0.250 e. The second kappa shape index (κ2) is 12.0. The summed E-state index contributed by atoms with van der Waals surface area (Å²) < 4.78 is 12.7. The third-order valence-electron chi connectivity index (χ3n) is 5.82. The van der Waals surface area contributed by atoms with Crippen LogP contribution in [0.2, 0.25) is 0 Å². The van der Waals surface area contributed by atoms with Gasteiger partial charge in [-0.05, 0) is 35.2 Å². The Morgan fingerprint density at radius 3 is 2.37 bits per heavy atom. The topological polar surface area (TPSA) is 90.6 Å². The number of ether oxygens (including phenoxy) is 2. The van der Waals surface area contributed by atoms with Crippen molar-refractivity contribution in [2.45, 2.75) is 31.3 Å². The highest BCUT2D eigenvalue weighted by atomic mass is 32.2. The normalized spacial score (nSPS) is 11.5. The molecule has 0 aliphatic carbocycles. The highest BCUT2D eigenvalue weighted by Crippen LogP contribution is 2.31. The molecule has 0 bridgehead atoms. The Kier molecular flexibility index (Phi) is 8.48. The van der Waals surface area contributed by atoms with Crippen molar-refractivity contribution >= 4 is 23.9 Å². The maximum absolute atomic E-state index is 12.6. The molecule has 0 atom stereocenters. The van der Waals surface area contributed by atoms with E-state index in [0.29, 0.717) is 28.0 Å². The molecule has 0 saturated heterocycles. The number of nitrogens with one attached hydrogen (secondary N) is 1. The van der Waals surface area contributed by atoms with Crippen LogP contribution < -0.4 is 14.9 Å². The zero-order valence-electron chi connectivity index (χ0n) is 22.1. The number of aromatic nitrogens is 3. The van der Waals surface area contributed by atoms with Gasteiger partial charge in [0.25, 0.3) is 5.91 Å². The average Bonchev–Trinajstić information content (AvgIpc) is 3.35. The maximum Gasteiger partial charge on any atom is 0.250 e. The van der Waals surface area contributed by atoms with Crippen molar-refractivity contribution in [3.8, 4) is 28.6 Å². The first-order valence-corrected chi connectivity index (χ1v) is 13.1. The fraction of sp³-hybridized carbons (Fsp3) is 0.241. The Labute approximate surface area is 227 Å². The summed E-state index contributed by atoms with van der Waals surface area (Å²) in [6, 6.07) is 23.7. The molecule has 38 heavy (non-hydrogen) atoms. The molecule has 0 fully saturated rings. The van der Waals surface area contributed by atoms with Gasteiger partial charge in [-0.2, -0.15) is 5.10 Å². The molecular weight excluding hydrogens is 498 g/mol. The number of carbonyl (C=O) groups excluding carboxylic acids is 1. The van der Waals surface area contributed by atoms with Crippen LogP contribution in [0.5, 0.6) is 11.5 Å². The first-order valence-electron chi connectivity index (χ1n) is 12.1. The molecule has 0 aliphatic rings. The van der Waals surface area contributed by atoms with Gasteiger partial charge in [0.15, 0.2) is 22.5 Å². The van der Waals surface area contributed by atoms with Gasteiger partial charge in [0.05, 0.1) is 26.2 Å². The quantitative estimate of drug-likeness (QED) is 0.175. The molecule has 0 aliphatic heterocycles. The van der Waals surface area contributed by atoms with Gasteiger partial charge in [0, 0.05) is 16.8 Å². The lowest BCUT2D eigenvalue weighted by atomic mass is 9.87. The molecule has 1 heterocycles. The zero-order valence-corrected chi connectivity index (χ0v) is 23.0. The monoisotopic (exact) mass is 529 g/mol. The van der Waals surface area contributed by atoms with Gasteiger partial charge >= 0.3 is 0 Å². The molecule has 8 nitrogen and oxygen atoms in total. The fourth-order valence-corrected chi connectivity index (χ4v) is 4.57. The van der Waals surface area contributed by atoms with Crippen LogP contribution in [0.15, 0.2) is 83.1 Å². The van der Waals surface area contributed by atoms with Crippen LogP contribution in [-0.2, 0) is 10.2 Å². The number of carbonyl (C=O) groups is 1. The number of thioether (sulfide) groups is 1. The zero-order chi connectivity index (χ0) is 27.1. The minimum atomic E-state index is -0.271. The van der Waals surface area contributed by atoms with Gasteiger partial charge < -0.3 is 9.47 Å². The number of hydrogen-bond donors (Lipinski definition) is 1. The summed E-state index contributed by atoms with van der Waals surface area (Å²) in [6.07, 6.45) is 1.52. The number of benzene rings is 3. The Bertz CT molecular complexity index is 1410. The van der Waals surface area contributed by atoms with Crippen molar-refractivity contribution in [3.63, 3.8) is 0 Å². The molecule has 3 aromatic carbocycles. The molecule has 0 radical (unpaired) electrons. The van der Waals surface area contributed by atoms with Crippen LogP contribution >= 0.6 is 11.8 Å². The Morgan fingerprint density at radius 2 is 1.71 bits per heavy atom. The predicted molar refractivity (Wildman–Crippen MR) is 152 cm³/mol. The van der Waals surface area contributed by atoms with Crippen molar-refractivity contribution in [2.75, 3.05) is 20.0 Å². The molecule has 9 heteroatoms. The number of hydrogen-bond acceptors (Lipinski definition) is 7. The van der Waals surface area contributed by atoms with Crippen molar-refractivity contribution in [1.29, 1.82) is 0 Å². The van der Waals surface area contributed by atoms with Crippen molar-refractivity contribution in [1.82, 2.24) is 20.2 Å². The van der Waals surface area contributed by atoms with Crippen molar-refractivity contribution < 1.29 is 14.3 Å². The van der Waals surface area contributed by atoms with E-state index in [1.165, 1.54) is 23.5 Å². The number of methoxy groups -OCH3 is 2. The van der Waals surface area contributed by atoms with Crippen LogP contribution in [0, 0.1) is 0 Å². The summed E-state index contributed by atoms with van der Waals surface area (Å²) in [4.78, 5) is 12.6. The molecule has 196 valence electrons. The second-order valence-corrected chi connectivity index (χ2v) is 10.4. The van der Waals surface area contributed by atoms with E-state index in [9.17, 15) is 4.79 Å². The summed E-state index contributed by atoms with van der Waals surface area (Å²) >= 11 is 1.29. The lowest BCUT2D eigenvalue weighted by Crippen LogP contribution is -2.20. The van der Waals surface area contributed by atoms with E-state index in [0.717, 1.165) is 11.3 Å². The maximum atomic E-state index is 12.6. The molecule has 0 spiro atoms. The van der Waals surface area contributed by atoms with E-state index < -0.39 is 0 Å². The molecule has 0 unspecified atom stereocenters. The summed E-state index contributed by atoms with van der Waals surface area (Å²) in [5.74, 6) is 1.68. The fourth-order valence-electron chi connectivity index (χ4n) is 3.83. The molecule has 4 aromatic rings. The minimum absolute atomic E-state index is 0.0558. The van der Waals surface area contributed by atoms with Gasteiger partial charge in [0.1, 0.15) is 0 Å². The lowest BCUT2D eigenvalue weighted by molar-refractivity contribution is -0.118. The Balaban J connectivity index is 1.51. The predicted octanol–water partition coefficient (Wildman–Crippen LogP) is 5.49. The van der Waals surface area contributed by atoms with Gasteiger partial charge in [0.2, 0.25) is 0 Å². The highest BCUT2D eigenvalue weighted by Gasteiger charge is 2.19. The summed E-state index contributed by atoms with van der Waals surface area (Å²) in [6.45, 7) is 6.56. The first-order chi connectivity index (χ1) is 18.3. The SMILES string of the molecule is COc1cccc(/C=N/NC(=O)CSc2nnc(-c3ccc(C(C)(C)C)cc3)n2-c2ccccc2)c1OC. The number of amides is 1. The Hall–Kier alpha value is -4.11. The van der Waals surface area contributed by atoms with E-state index in [2.05, 4.69) is 65.8 Å². The van der Waals surface area contributed by atoms with E-state index in [-0.39, 0.29) is 17.1 Å². The van der Waals surface area contributed by atoms with Gasteiger partial charge in [-0.3, -0.25) is 9.36 Å². The van der Waals surface area contributed by atoms with Gasteiger partial charge in [-0.1, -0.05) is 81.1 Å². The molecular formula is C29H31N5O3S. The molecule has 1 N–H and O–H groups in total. The number of para-hydroxylation sites is 2. The second-order valence-electron chi connectivity index (χ2n) is 9.47. The van der Waals surface area contributed by atoms with E-state index in [1.807, 2.05) is 47.0 Å². The summed E-state index contributed by atoms with van der Waals surface area (Å²) in [7, 11) is 3.12. The minimum Gasteiger partial charge on any atom is -0.493 e. The lowest BCUT2D eigenvalue weighted by Gasteiger charge is -2.19. The third kappa shape index (κ3) is 6.23. The number of nitrogens with zero attached hydrogens (tertiary/aromatic N) is 4. The van der Waals surface area contributed by atoms with Crippen LogP contribution in [0.3, 0.4) is 0 Å². The van der Waals surface area contributed by atoms with Gasteiger partial charge in [-0.25, -0.2) is 5.43 Å². The van der Waals surface area contributed by atoms with Crippen molar-refractivity contribution in [3.05, 3.63) is 83.9 Å². The molecule has 0 saturated carbocycles. The van der Waals surface area contributed by atoms with Gasteiger partial charge in [-0.15, -0.1) is 10.2 Å².